The fourth-order valence-corrected chi connectivity index (χ4v) is 3.56. The number of rotatable bonds is 10. The van der Waals surface area contributed by atoms with Crippen molar-refractivity contribution < 1.29 is 19.5 Å². The largest absolute Gasteiger partial charge is 0.480 e. The lowest BCUT2D eigenvalue weighted by Gasteiger charge is -2.28. The molecule has 0 aromatic heterocycles. The number of hydrogen-bond donors (Lipinski definition) is 5. The normalized spacial score (nSPS) is 11.2. The summed E-state index contributed by atoms with van der Waals surface area (Å²) in [5.74, 6) is -1.92. The molecule has 3 rings (SSSR count). The van der Waals surface area contributed by atoms with Crippen LogP contribution in [-0.2, 0) is 20.9 Å². The predicted octanol–water partition coefficient (Wildman–Crippen LogP) is 3.20. The van der Waals surface area contributed by atoms with E-state index in [0.29, 0.717) is 22.5 Å². The number of amides is 2. The molecule has 0 bridgehead atoms. The highest BCUT2D eigenvalue weighted by Crippen LogP contribution is 2.25. The summed E-state index contributed by atoms with van der Waals surface area (Å²) in [5.41, 5.74) is 8.48. The van der Waals surface area contributed by atoms with Crippen molar-refractivity contribution in [3.63, 3.8) is 0 Å². The number of carboxylic acid groups (broad SMARTS) is 1. The Morgan fingerprint density at radius 1 is 0.971 bits per heavy atom. The summed E-state index contributed by atoms with van der Waals surface area (Å²) in [5, 5.41) is 22.9. The molecular weight excluding hydrogens is 446 g/mol. The van der Waals surface area contributed by atoms with Gasteiger partial charge in [-0.3, -0.25) is 19.8 Å². The lowest BCUT2D eigenvalue weighted by Crippen LogP contribution is -2.40. The molecule has 0 aliphatic carbocycles. The third-order valence-electron chi connectivity index (χ3n) is 5.15. The van der Waals surface area contributed by atoms with Crippen molar-refractivity contribution in [3.8, 4) is 0 Å². The molecule has 3 aromatic carbocycles. The number of nitrogens with zero attached hydrogens (tertiary/aromatic N) is 1. The first kappa shape index (κ1) is 25.0. The highest BCUT2D eigenvalue weighted by Gasteiger charge is 2.28. The highest BCUT2D eigenvalue weighted by molar-refractivity contribution is 5.95. The van der Waals surface area contributed by atoms with Crippen LogP contribution in [0.1, 0.15) is 29.7 Å². The van der Waals surface area contributed by atoms with Crippen LogP contribution in [-0.4, -0.2) is 40.2 Å². The van der Waals surface area contributed by atoms with Gasteiger partial charge in [0.2, 0.25) is 5.91 Å². The number of nitrogens with one attached hydrogen (secondary N) is 3. The Labute approximate surface area is 203 Å². The number of hydrogen-bond acceptors (Lipinski definition) is 5. The van der Waals surface area contributed by atoms with Crippen LogP contribution in [0.25, 0.3) is 0 Å². The number of nitrogens with two attached hydrogens (primary N) is 1. The molecule has 0 spiro atoms. The molecule has 0 heterocycles. The van der Waals surface area contributed by atoms with Crippen LogP contribution in [0, 0.1) is 5.41 Å². The van der Waals surface area contributed by atoms with Gasteiger partial charge < -0.3 is 26.4 Å². The van der Waals surface area contributed by atoms with Crippen LogP contribution in [0.3, 0.4) is 0 Å². The van der Waals surface area contributed by atoms with Crippen molar-refractivity contribution >= 4 is 35.0 Å². The zero-order valence-corrected chi connectivity index (χ0v) is 19.2. The first-order valence-electron chi connectivity index (χ1n) is 10.9. The molecule has 0 saturated carbocycles. The van der Waals surface area contributed by atoms with Crippen molar-refractivity contribution in [2.24, 2.45) is 5.73 Å². The van der Waals surface area contributed by atoms with Gasteiger partial charge in [-0.2, -0.15) is 0 Å². The molecule has 6 N–H and O–H groups in total. The van der Waals surface area contributed by atoms with Crippen molar-refractivity contribution in [3.05, 3.63) is 95.6 Å². The summed E-state index contributed by atoms with van der Waals surface area (Å²) in [6.07, 6.45) is 0. The second-order valence-electron chi connectivity index (χ2n) is 7.95. The van der Waals surface area contributed by atoms with E-state index < -0.39 is 24.5 Å². The number of carboxylic acids is 1. The number of carbonyl (C=O) groups excluding carboxylic acids is 2. The second kappa shape index (κ2) is 11.5. The van der Waals surface area contributed by atoms with Gasteiger partial charge in [0.05, 0.1) is 0 Å². The Balaban J connectivity index is 1.99. The topological polar surface area (TPSA) is 149 Å². The van der Waals surface area contributed by atoms with E-state index in [1.54, 1.807) is 48.5 Å². The van der Waals surface area contributed by atoms with E-state index in [9.17, 15) is 19.5 Å². The first-order chi connectivity index (χ1) is 16.7. The second-order valence-corrected chi connectivity index (χ2v) is 7.95. The van der Waals surface area contributed by atoms with Crippen LogP contribution in [0.2, 0.25) is 0 Å². The summed E-state index contributed by atoms with van der Waals surface area (Å²) in [7, 11) is 0. The SMILES string of the molecule is CC(=O)Nc1cccc(C(Nc2ccc(C(=N)N)cc2)C(=O)N(CC(=O)O)Cc2ccccc2)c1. The van der Waals surface area contributed by atoms with Crippen LogP contribution in [0.4, 0.5) is 11.4 Å². The molecule has 0 aliphatic rings. The minimum atomic E-state index is -1.13. The number of anilines is 2. The Kier molecular flexibility index (Phi) is 8.18. The Hall–Kier alpha value is -4.66. The van der Waals surface area contributed by atoms with Gasteiger partial charge in [0.15, 0.2) is 0 Å². The van der Waals surface area contributed by atoms with Gasteiger partial charge in [-0.1, -0.05) is 42.5 Å². The standard InChI is InChI=1S/C26H27N5O4/c1-17(32)29-22-9-5-8-20(14-22)24(30-21-12-10-19(11-13-21)25(27)28)26(35)31(16-23(33)34)15-18-6-3-2-4-7-18/h2-14,24,30H,15-16H2,1H3,(H3,27,28)(H,29,32)(H,33,34). The van der Waals surface area contributed by atoms with Crippen LogP contribution in [0.15, 0.2) is 78.9 Å². The molecule has 0 fully saturated rings. The first-order valence-corrected chi connectivity index (χ1v) is 10.9. The predicted molar refractivity (Wildman–Crippen MR) is 134 cm³/mol. The molecule has 9 nitrogen and oxygen atoms in total. The van der Waals surface area contributed by atoms with E-state index in [4.69, 9.17) is 11.1 Å². The molecule has 180 valence electrons. The summed E-state index contributed by atoms with van der Waals surface area (Å²) in [6, 6.07) is 21.7. The van der Waals surface area contributed by atoms with E-state index >= 15 is 0 Å². The van der Waals surface area contributed by atoms with Crippen LogP contribution < -0.4 is 16.4 Å². The van der Waals surface area contributed by atoms with Gasteiger partial charge in [0.25, 0.3) is 5.91 Å². The zero-order valence-electron chi connectivity index (χ0n) is 19.2. The van der Waals surface area contributed by atoms with Gasteiger partial charge in [-0.05, 0) is 47.5 Å². The molecule has 3 aromatic rings. The summed E-state index contributed by atoms with van der Waals surface area (Å²) in [6.45, 7) is 1.01. The fourth-order valence-electron chi connectivity index (χ4n) is 3.56. The van der Waals surface area contributed by atoms with Crippen molar-refractivity contribution in [2.45, 2.75) is 19.5 Å². The molecule has 9 heteroatoms. The van der Waals surface area contributed by atoms with E-state index in [0.717, 1.165) is 5.56 Å². The smallest absolute Gasteiger partial charge is 0.323 e. The van der Waals surface area contributed by atoms with E-state index in [-0.39, 0.29) is 18.3 Å². The van der Waals surface area contributed by atoms with Gasteiger partial charge in [-0.15, -0.1) is 0 Å². The average Bonchev–Trinajstić information content (AvgIpc) is 2.82. The molecule has 1 atom stereocenters. The average molecular weight is 474 g/mol. The van der Waals surface area contributed by atoms with Gasteiger partial charge in [0.1, 0.15) is 18.4 Å². The van der Waals surface area contributed by atoms with Gasteiger partial charge in [0, 0.05) is 30.4 Å². The minimum absolute atomic E-state index is 0.0809. The molecule has 0 saturated heterocycles. The third kappa shape index (κ3) is 7.16. The molecule has 35 heavy (non-hydrogen) atoms. The summed E-state index contributed by atoms with van der Waals surface area (Å²) >= 11 is 0. The highest BCUT2D eigenvalue weighted by atomic mass is 16.4. The van der Waals surface area contributed by atoms with Gasteiger partial charge >= 0.3 is 5.97 Å². The minimum Gasteiger partial charge on any atom is -0.480 e. The summed E-state index contributed by atoms with van der Waals surface area (Å²) in [4.78, 5) is 38.2. The Morgan fingerprint density at radius 2 is 1.66 bits per heavy atom. The quantitative estimate of drug-likeness (QED) is 0.226. The van der Waals surface area contributed by atoms with E-state index in [2.05, 4.69) is 10.6 Å². The molecule has 2 amide bonds. The lowest BCUT2D eigenvalue weighted by molar-refractivity contribution is -0.145. The molecule has 1 unspecified atom stereocenters. The number of aliphatic carboxylic acids is 1. The number of benzene rings is 3. The van der Waals surface area contributed by atoms with Gasteiger partial charge in [-0.25, -0.2) is 0 Å². The maximum absolute atomic E-state index is 13.8. The molecule has 0 radical (unpaired) electrons. The monoisotopic (exact) mass is 473 g/mol. The number of amidine groups is 1. The van der Waals surface area contributed by atoms with Crippen LogP contribution in [0.5, 0.6) is 0 Å². The number of nitrogen functional groups attached to an aromatic ring is 1. The molecule has 0 aliphatic heterocycles. The van der Waals surface area contributed by atoms with Crippen molar-refractivity contribution in [2.75, 3.05) is 17.2 Å². The maximum Gasteiger partial charge on any atom is 0.323 e. The zero-order chi connectivity index (χ0) is 25.4. The van der Waals surface area contributed by atoms with Crippen molar-refractivity contribution in [1.29, 1.82) is 5.41 Å². The van der Waals surface area contributed by atoms with Crippen LogP contribution >= 0.6 is 0 Å². The third-order valence-corrected chi connectivity index (χ3v) is 5.15. The fraction of sp³-hybridized carbons (Fsp3) is 0.154. The molecular formula is C26H27N5O4. The van der Waals surface area contributed by atoms with E-state index in [1.807, 2.05) is 30.3 Å². The summed E-state index contributed by atoms with van der Waals surface area (Å²) < 4.78 is 0. The Morgan fingerprint density at radius 3 is 2.26 bits per heavy atom. The maximum atomic E-state index is 13.8. The van der Waals surface area contributed by atoms with E-state index in [1.165, 1.54) is 11.8 Å². The Bertz CT molecular complexity index is 1210. The number of carbonyl (C=O) groups is 3. The lowest BCUT2D eigenvalue weighted by atomic mass is 10.0. The van der Waals surface area contributed by atoms with Crippen molar-refractivity contribution in [1.82, 2.24) is 4.90 Å².